The molecule has 1 saturated heterocycles. The minimum atomic E-state index is -4.50. The summed E-state index contributed by atoms with van der Waals surface area (Å²) >= 11 is 0. The van der Waals surface area contributed by atoms with E-state index in [2.05, 4.69) is 26.2 Å². The molecule has 2 aliphatic heterocycles. The molecule has 0 radical (unpaired) electrons. The monoisotopic (exact) mass is 356 g/mol. The highest BCUT2D eigenvalue weighted by Gasteiger charge is 2.61. The van der Waals surface area contributed by atoms with Crippen LogP contribution in [0.1, 0.15) is 53.4 Å². The van der Waals surface area contributed by atoms with E-state index in [1.54, 1.807) is 13.0 Å². The van der Waals surface area contributed by atoms with Crippen molar-refractivity contribution in [1.29, 1.82) is 0 Å². The second kappa shape index (κ2) is 5.92. The van der Waals surface area contributed by atoms with Crippen molar-refractivity contribution in [2.24, 2.45) is 23.2 Å². The summed E-state index contributed by atoms with van der Waals surface area (Å²) < 4.78 is 52.4. The summed E-state index contributed by atoms with van der Waals surface area (Å²) in [6.07, 6.45) is -0.378. The molecule has 2 fully saturated rings. The molecule has 0 aromatic heterocycles. The van der Waals surface area contributed by atoms with Crippen LogP contribution in [0.3, 0.4) is 0 Å². The van der Waals surface area contributed by atoms with E-state index in [-0.39, 0.29) is 11.8 Å². The van der Waals surface area contributed by atoms with Gasteiger partial charge in [0.1, 0.15) is 0 Å². The van der Waals surface area contributed by atoms with Gasteiger partial charge < -0.3 is 9.47 Å². The average Bonchev–Trinajstić information content (AvgIpc) is 2.59. The molecule has 2 nitrogen and oxygen atoms in total. The number of halogens is 3. The Hall–Kier alpha value is -1.19. The molecule has 25 heavy (non-hydrogen) atoms. The molecule has 0 N–H and O–H groups in total. The summed E-state index contributed by atoms with van der Waals surface area (Å²) in [5.41, 5.74) is 1.91. The van der Waals surface area contributed by atoms with Crippen LogP contribution >= 0.6 is 0 Å². The smallest absolute Gasteiger partial charge is 0.448 e. The van der Waals surface area contributed by atoms with Crippen LogP contribution in [0.4, 0.5) is 13.2 Å². The fraction of sp³-hybridized carbons (Fsp3) is 0.750. The molecule has 0 amide bonds. The quantitative estimate of drug-likeness (QED) is 0.556. The number of allylic oxidation sites excluding steroid dienone is 2. The summed E-state index contributed by atoms with van der Waals surface area (Å²) in [6, 6.07) is 0. The Kier molecular flexibility index (Phi) is 4.40. The van der Waals surface area contributed by atoms with Gasteiger partial charge in [0.2, 0.25) is 12.0 Å². The lowest BCUT2D eigenvalue weighted by Gasteiger charge is -2.55. The largest absolute Gasteiger partial charge is 0.459 e. The van der Waals surface area contributed by atoms with Crippen molar-refractivity contribution in [3.05, 3.63) is 29.7 Å². The summed E-state index contributed by atoms with van der Waals surface area (Å²) in [6.45, 7) is 11.3. The Labute approximate surface area is 147 Å². The normalized spacial score (nSPS) is 44.3. The molecule has 6 unspecified atom stereocenters. The second-order valence-corrected chi connectivity index (χ2v) is 8.36. The zero-order valence-electron chi connectivity index (χ0n) is 15.4. The van der Waals surface area contributed by atoms with E-state index in [1.807, 2.05) is 6.92 Å². The van der Waals surface area contributed by atoms with Crippen LogP contribution in [0.15, 0.2) is 29.7 Å². The summed E-state index contributed by atoms with van der Waals surface area (Å²) in [5.74, 6) is -0.327. The van der Waals surface area contributed by atoms with Gasteiger partial charge in [-0.25, -0.2) is 0 Å². The topological polar surface area (TPSA) is 18.5 Å². The van der Waals surface area contributed by atoms with Crippen molar-refractivity contribution in [3.8, 4) is 0 Å². The van der Waals surface area contributed by atoms with Crippen molar-refractivity contribution in [1.82, 2.24) is 0 Å². The second-order valence-electron chi connectivity index (χ2n) is 8.36. The predicted molar refractivity (Wildman–Crippen MR) is 89.5 cm³/mol. The zero-order valence-corrected chi connectivity index (χ0v) is 15.4. The number of ether oxygens (including phenoxy) is 2. The molecule has 3 rings (SSSR count). The number of alkyl halides is 3. The number of rotatable bonds is 1. The van der Waals surface area contributed by atoms with Gasteiger partial charge in [-0.05, 0) is 68.9 Å². The fourth-order valence-corrected chi connectivity index (χ4v) is 5.43. The van der Waals surface area contributed by atoms with Crippen molar-refractivity contribution in [3.63, 3.8) is 0 Å². The highest BCUT2D eigenvalue weighted by atomic mass is 19.4. The molecule has 0 aromatic rings. The van der Waals surface area contributed by atoms with Crippen LogP contribution in [0.5, 0.6) is 0 Å². The SMILES string of the molecule is C=C=CC1(C)CCC2C(C)CCC3C(C)=C(C(F)(F)F)OC(O1)C32C. The minimum absolute atomic E-state index is 0.167. The Morgan fingerprint density at radius 3 is 2.52 bits per heavy atom. The van der Waals surface area contributed by atoms with E-state index >= 15 is 0 Å². The lowest BCUT2D eigenvalue weighted by Crippen LogP contribution is -2.55. The Morgan fingerprint density at radius 1 is 1.24 bits per heavy atom. The fourth-order valence-electron chi connectivity index (χ4n) is 5.43. The van der Waals surface area contributed by atoms with Gasteiger partial charge in [0.15, 0.2) is 0 Å². The van der Waals surface area contributed by atoms with Gasteiger partial charge >= 0.3 is 6.18 Å². The van der Waals surface area contributed by atoms with Gasteiger partial charge in [0.25, 0.3) is 0 Å². The van der Waals surface area contributed by atoms with E-state index in [4.69, 9.17) is 9.47 Å². The molecule has 140 valence electrons. The lowest BCUT2D eigenvalue weighted by atomic mass is 9.54. The molecule has 1 aliphatic carbocycles. The highest BCUT2D eigenvalue weighted by Crippen LogP contribution is 2.61. The van der Waals surface area contributed by atoms with Gasteiger partial charge in [-0.15, -0.1) is 5.73 Å². The summed E-state index contributed by atoms with van der Waals surface area (Å²) in [4.78, 5) is 0. The van der Waals surface area contributed by atoms with Crippen molar-refractivity contribution in [2.45, 2.75) is 71.4 Å². The van der Waals surface area contributed by atoms with Crippen molar-refractivity contribution in [2.75, 3.05) is 0 Å². The van der Waals surface area contributed by atoms with Crippen LogP contribution in [0, 0.1) is 23.2 Å². The third-order valence-electron chi connectivity index (χ3n) is 6.75. The molecule has 0 aromatic carbocycles. The van der Waals surface area contributed by atoms with Gasteiger partial charge in [0.05, 0.1) is 5.60 Å². The predicted octanol–water partition coefficient (Wildman–Crippen LogP) is 5.76. The molecule has 1 saturated carbocycles. The number of hydrogen-bond acceptors (Lipinski definition) is 2. The van der Waals surface area contributed by atoms with Gasteiger partial charge in [-0.3, -0.25) is 0 Å². The van der Waals surface area contributed by atoms with Crippen LogP contribution in [0.2, 0.25) is 0 Å². The molecule has 0 bridgehead atoms. The first-order valence-corrected chi connectivity index (χ1v) is 9.02. The first-order chi connectivity index (χ1) is 11.5. The van der Waals surface area contributed by atoms with E-state index in [9.17, 15) is 13.2 Å². The van der Waals surface area contributed by atoms with Crippen molar-refractivity contribution >= 4 is 0 Å². The highest BCUT2D eigenvalue weighted by molar-refractivity contribution is 5.24. The molecule has 5 heteroatoms. The molecule has 0 spiro atoms. The summed E-state index contributed by atoms with van der Waals surface area (Å²) in [7, 11) is 0. The summed E-state index contributed by atoms with van der Waals surface area (Å²) in [5, 5.41) is 0. The van der Waals surface area contributed by atoms with Crippen LogP contribution in [0.25, 0.3) is 0 Å². The molecular weight excluding hydrogens is 329 g/mol. The van der Waals surface area contributed by atoms with Crippen molar-refractivity contribution < 1.29 is 22.6 Å². The average molecular weight is 356 g/mol. The molecule has 2 heterocycles. The minimum Gasteiger partial charge on any atom is -0.459 e. The molecular formula is C20H27F3O2. The van der Waals surface area contributed by atoms with E-state index in [0.717, 1.165) is 25.7 Å². The maximum absolute atomic E-state index is 13.6. The molecule has 3 aliphatic rings. The molecule has 6 atom stereocenters. The number of hydrogen-bond donors (Lipinski definition) is 0. The van der Waals surface area contributed by atoms with Crippen LogP contribution < -0.4 is 0 Å². The van der Waals surface area contributed by atoms with Gasteiger partial charge in [-0.2, -0.15) is 13.2 Å². The van der Waals surface area contributed by atoms with Crippen LogP contribution in [-0.4, -0.2) is 18.1 Å². The van der Waals surface area contributed by atoms with E-state index in [1.165, 1.54) is 0 Å². The Bertz CT molecular complexity index is 631. The maximum Gasteiger partial charge on any atom is 0.448 e. The first-order valence-electron chi connectivity index (χ1n) is 9.02. The van der Waals surface area contributed by atoms with Gasteiger partial charge in [0, 0.05) is 5.41 Å². The van der Waals surface area contributed by atoms with E-state index in [0.29, 0.717) is 11.5 Å². The van der Waals surface area contributed by atoms with Gasteiger partial charge in [-0.1, -0.05) is 20.4 Å². The lowest BCUT2D eigenvalue weighted by molar-refractivity contribution is -0.280. The van der Waals surface area contributed by atoms with E-state index < -0.39 is 29.2 Å². The zero-order chi connectivity index (χ0) is 18.6. The standard InChI is InChI=1S/C20H27F3O2/c1-6-10-18(4)11-9-14-12(2)7-8-15-13(3)16(20(21,22)23)24-17(25-18)19(14,15)5/h10,12,14-15,17H,1,7-9,11H2,2-5H3. The third kappa shape index (κ3) is 2.86. The maximum atomic E-state index is 13.6. The first kappa shape index (κ1) is 18.6. The van der Waals surface area contributed by atoms with Crippen LogP contribution in [-0.2, 0) is 9.47 Å². The Balaban J connectivity index is 2.13. The third-order valence-corrected chi connectivity index (χ3v) is 6.75. The Morgan fingerprint density at radius 2 is 1.92 bits per heavy atom.